The van der Waals surface area contributed by atoms with E-state index in [1.807, 2.05) is 0 Å². The van der Waals surface area contributed by atoms with Crippen molar-refractivity contribution in [3.05, 3.63) is 18.1 Å². The molecule has 6 nitrogen and oxygen atoms in total. The summed E-state index contributed by atoms with van der Waals surface area (Å²) in [4.78, 5) is 21.7. The Labute approximate surface area is 101 Å². The quantitative estimate of drug-likeness (QED) is 0.736. The normalized spacial score (nSPS) is 10.1. The Bertz CT molecular complexity index is 370. The molecule has 0 bridgehead atoms. The van der Waals surface area contributed by atoms with Gasteiger partial charge in [0.25, 0.3) is 5.91 Å². The van der Waals surface area contributed by atoms with Crippen molar-refractivity contribution in [2.75, 3.05) is 39.7 Å². The average Bonchev–Trinajstić information content (AvgIpc) is 2.38. The third-order valence-corrected chi connectivity index (χ3v) is 2.30. The van der Waals surface area contributed by atoms with Crippen LogP contribution in [0.15, 0.2) is 12.4 Å². The lowest BCUT2D eigenvalue weighted by Crippen LogP contribution is -2.29. The number of nitrogens with one attached hydrogen (secondary N) is 1. The van der Waals surface area contributed by atoms with Crippen LogP contribution in [-0.2, 0) is 4.74 Å². The van der Waals surface area contributed by atoms with E-state index >= 15 is 0 Å². The van der Waals surface area contributed by atoms with Gasteiger partial charge in [0.15, 0.2) is 0 Å². The minimum atomic E-state index is -0.134. The van der Waals surface area contributed by atoms with Crippen LogP contribution in [0.2, 0.25) is 0 Å². The SMILES string of the molecule is CNc1cncc(C(=O)N(C)CCCOC)n1. The Morgan fingerprint density at radius 1 is 1.53 bits per heavy atom. The highest BCUT2D eigenvalue weighted by Gasteiger charge is 2.13. The van der Waals surface area contributed by atoms with Gasteiger partial charge < -0.3 is 15.0 Å². The molecule has 1 N–H and O–H groups in total. The van der Waals surface area contributed by atoms with Crippen LogP contribution in [0.3, 0.4) is 0 Å². The molecule has 94 valence electrons. The first-order chi connectivity index (χ1) is 8.19. The minimum Gasteiger partial charge on any atom is -0.385 e. The second kappa shape index (κ2) is 6.80. The largest absolute Gasteiger partial charge is 0.385 e. The molecule has 0 saturated heterocycles. The van der Waals surface area contributed by atoms with Crippen LogP contribution in [0.25, 0.3) is 0 Å². The highest BCUT2D eigenvalue weighted by molar-refractivity contribution is 5.92. The molecule has 1 aromatic rings. The van der Waals surface area contributed by atoms with Crippen molar-refractivity contribution in [2.45, 2.75) is 6.42 Å². The molecule has 1 heterocycles. The first-order valence-corrected chi connectivity index (χ1v) is 5.43. The Morgan fingerprint density at radius 2 is 2.29 bits per heavy atom. The van der Waals surface area contributed by atoms with E-state index in [-0.39, 0.29) is 5.91 Å². The summed E-state index contributed by atoms with van der Waals surface area (Å²) in [6.45, 7) is 1.28. The van der Waals surface area contributed by atoms with Crippen molar-refractivity contribution >= 4 is 11.7 Å². The molecule has 0 unspecified atom stereocenters. The van der Waals surface area contributed by atoms with Gasteiger partial charge in [-0.15, -0.1) is 0 Å². The summed E-state index contributed by atoms with van der Waals surface area (Å²) in [7, 11) is 5.12. The number of aromatic nitrogens is 2. The average molecular weight is 238 g/mol. The fourth-order valence-electron chi connectivity index (χ4n) is 1.33. The molecule has 1 amide bonds. The van der Waals surface area contributed by atoms with Gasteiger partial charge in [0, 0.05) is 34.4 Å². The van der Waals surface area contributed by atoms with Crippen molar-refractivity contribution in [1.82, 2.24) is 14.9 Å². The van der Waals surface area contributed by atoms with E-state index in [9.17, 15) is 4.79 Å². The van der Waals surface area contributed by atoms with Crippen LogP contribution in [0.4, 0.5) is 5.82 Å². The second-order valence-corrected chi connectivity index (χ2v) is 3.61. The number of nitrogens with zero attached hydrogens (tertiary/aromatic N) is 3. The van der Waals surface area contributed by atoms with Gasteiger partial charge in [-0.05, 0) is 6.42 Å². The van der Waals surface area contributed by atoms with Gasteiger partial charge in [-0.1, -0.05) is 0 Å². The smallest absolute Gasteiger partial charge is 0.273 e. The number of carbonyl (C=O) groups excluding carboxylic acids is 1. The third kappa shape index (κ3) is 3.99. The molecule has 0 atom stereocenters. The highest BCUT2D eigenvalue weighted by atomic mass is 16.5. The maximum Gasteiger partial charge on any atom is 0.273 e. The van der Waals surface area contributed by atoms with E-state index in [4.69, 9.17) is 4.74 Å². The molecule has 1 rings (SSSR count). The Morgan fingerprint density at radius 3 is 2.94 bits per heavy atom. The van der Waals surface area contributed by atoms with Gasteiger partial charge in [0.1, 0.15) is 11.5 Å². The van der Waals surface area contributed by atoms with Crippen molar-refractivity contribution in [2.24, 2.45) is 0 Å². The zero-order valence-corrected chi connectivity index (χ0v) is 10.4. The molecule has 0 aliphatic carbocycles. The number of anilines is 1. The summed E-state index contributed by atoms with van der Waals surface area (Å²) in [5.41, 5.74) is 0.344. The third-order valence-electron chi connectivity index (χ3n) is 2.30. The van der Waals surface area contributed by atoms with Crippen LogP contribution >= 0.6 is 0 Å². The standard InChI is InChI=1S/C11H18N4O2/c1-12-10-8-13-7-9(14-10)11(16)15(2)5-4-6-17-3/h7-8H,4-6H2,1-3H3,(H,12,14). The number of amides is 1. The predicted molar refractivity (Wildman–Crippen MR) is 65.0 cm³/mol. The summed E-state index contributed by atoms with van der Waals surface area (Å²) >= 11 is 0. The van der Waals surface area contributed by atoms with E-state index in [1.54, 1.807) is 32.3 Å². The molecule has 0 fully saturated rings. The molecular formula is C11H18N4O2. The number of methoxy groups -OCH3 is 1. The summed E-state index contributed by atoms with van der Waals surface area (Å²) in [6, 6.07) is 0. The summed E-state index contributed by atoms with van der Waals surface area (Å²) < 4.78 is 4.94. The monoisotopic (exact) mass is 238 g/mol. The van der Waals surface area contributed by atoms with Crippen LogP contribution < -0.4 is 5.32 Å². The molecule has 1 aromatic heterocycles. The van der Waals surface area contributed by atoms with Crippen molar-refractivity contribution in [3.63, 3.8) is 0 Å². The zero-order valence-electron chi connectivity index (χ0n) is 10.4. The molecule has 17 heavy (non-hydrogen) atoms. The molecule has 0 aliphatic rings. The summed E-state index contributed by atoms with van der Waals surface area (Å²) in [6.07, 6.45) is 3.84. The zero-order chi connectivity index (χ0) is 12.7. The Hall–Kier alpha value is -1.69. The number of rotatable bonds is 6. The first kappa shape index (κ1) is 13.4. The number of ether oxygens (including phenoxy) is 1. The van der Waals surface area contributed by atoms with E-state index in [0.717, 1.165) is 6.42 Å². The maximum absolute atomic E-state index is 12.0. The van der Waals surface area contributed by atoms with Crippen molar-refractivity contribution in [3.8, 4) is 0 Å². The highest BCUT2D eigenvalue weighted by Crippen LogP contribution is 2.04. The number of hydrogen-bond acceptors (Lipinski definition) is 5. The number of hydrogen-bond donors (Lipinski definition) is 1. The lowest BCUT2D eigenvalue weighted by atomic mass is 10.3. The molecule has 0 aromatic carbocycles. The Balaban J connectivity index is 2.61. The van der Waals surface area contributed by atoms with Gasteiger partial charge in [0.05, 0.1) is 12.4 Å². The van der Waals surface area contributed by atoms with Gasteiger partial charge >= 0.3 is 0 Å². The van der Waals surface area contributed by atoms with E-state index in [0.29, 0.717) is 24.7 Å². The number of carbonyl (C=O) groups is 1. The molecule has 0 spiro atoms. The fourth-order valence-corrected chi connectivity index (χ4v) is 1.33. The van der Waals surface area contributed by atoms with E-state index < -0.39 is 0 Å². The predicted octanol–water partition coefficient (Wildman–Crippen LogP) is 0.627. The molecule has 0 saturated carbocycles. The molecule has 6 heteroatoms. The Kier molecular flexibility index (Phi) is 5.35. The molecule has 0 radical (unpaired) electrons. The topological polar surface area (TPSA) is 67.4 Å². The second-order valence-electron chi connectivity index (χ2n) is 3.61. The van der Waals surface area contributed by atoms with E-state index in [2.05, 4.69) is 15.3 Å². The lowest BCUT2D eigenvalue weighted by molar-refractivity contribution is 0.0773. The summed E-state index contributed by atoms with van der Waals surface area (Å²) in [5.74, 6) is 0.451. The van der Waals surface area contributed by atoms with Crippen LogP contribution in [-0.4, -0.2) is 55.1 Å². The van der Waals surface area contributed by atoms with Crippen molar-refractivity contribution in [1.29, 1.82) is 0 Å². The molecule has 0 aliphatic heterocycles. The van der Waals surface area contributed by atoms with Gasteiger partial charge in [-0.2, -0.15) is 0 Å². The van der Waals surface area contributed by atoms with Crippen LogP contribution in [0.1, 0.15) is 16.9 Å². The minimum absolute atomic E-state index is 0.134. The van der Waals surface area contributed by atoms with Crippen LogP contribution in [0.5, 0.6) is 0 Å². The summed E-state index contributed by atoms with van der Waals surface area (Å²) in [5, 5.41) is 2.85. The lowest BCUT2D eigenvalue weighted by Gasteiger charge is -2.16. The van der Waals surface area contributed by atoms with Gasteiger partial charge in [-0.25, -0.2) is 4.98 Å². The van der Waals surface area contributed by atoms with Gasteiger partial charge in [0.2, 0.25) is 0 Å². The molecular weight excluding hydrogens is 220 g/mol. The van der Waals surface area contributed by atoms with E-state index in [1.165, 1.54) is 6.20 Å². The van der Waals surface area contributed by atoms with Crippen molar-refractivity contribution < 1.29 is 9.53 Å². The van der Waals surface area contributed by atoms with Crippen LogP contribution in [0, 0.1) is 0 Å². The first-order valence-electron chi connectivity index (χ1n) is 5.43. The van der Waals surface area contributed by atoms with Gasteiger partial charge in [-0.3, -0.25) is 9.78 Å². The maximum atomic E-state index is 12.0. The fraction of sp³-hybridized carbons (Fsp3) is 0.545.